The third-order valence-electron chi connectivity index (χ3n) is 5.80. The highest BCUT2D eigenvalue weighted by atomic mass is 16.2. The average molecular weight is 387 g/mol. The molecule has 1 aromatic heterocycles. The minimum Gasteiger partial charge on any atom is -0.352 e. The topological polar surface area (TPSA) is 81.9 Å². The molecule has 1 amide bonds. The number of allylic oxidation sites excluding steroid dienone is 1. The van der Waals surface area contributed by atoms with Crippen LogP contribution in [-0.2, 0) is 11.2 Å². The molecule has 1 aromatic carbocycles. The SMILES string of the molecule is N#Cc1nccnc1N1CC(Cc2ccccc2)(C(=O)NCC2=CCCCC2)C1. The van der Waals surface area contributed by atoms with Crippen molar-refractivity contribution in [2.75, 3.05) is 24.5 Å². The van der Waals surface area contributed by atoms with Gasteiger partial charge in [-0.2, -0.15) is 5.26 Å². The summed E-state index contributed by atoms with van der Waals surface area (Å²) < 4.78 is 0. The van der Waals surface area contributed by atoms with Crippen LogP contribution in [0.5, 0.6) is 0 Å². The largest absolute Gasteiger partial charge is 0.352 e. The van der Waals surface area contributed by atoms with Crippen molar-refractivity contribution >= 4 is 11.7 Å². The van der Waals surface area contributed by atoms with Crippen molar-refractivity contribution in [2.45, 2.75) is 32.1 Å². The molecule has 1 aliphatic carbocycles. The molecule has 1 saturated heterocycles. The van der Waals surface area contributed by atoms with Crippen molar-refractivity contribution in [1.82, 2.24) is 15.3 Å². The van der Waals surface area contributed by atoms with Gasteiger partial charge in [-0.15, -0.1) is 0 Å². The summed E-state index contributed by atoms with van der Waals surface area (Å²) in [4.78, 5) is 23.7. The van der Waals surface area contributed by atoms with Gasteiger partial charge in [-0.25, -0.2) is 9.97 Å². The van der Waals surface area contributed by atoms with E-state index in [1.807, 2.05) is 23.1 Å². The summed E-state index contributed by atoms with van der Waals surface area (Å²) in [6.07, 6.45) is 10.7. The molecule has 0 unspecified atom stereocenters. The average Bonchev–Trinajstić information content (AvgIpc) is 2.75. The summed E-state index contributed by atoms with van der Waals surface area (Å²) in [5.74, 6) is 0.632. The molecule has 4 rings (SSSR count). The van der Waals surface area contributed by atoms with Crippen LogP contribution in [0.25, 0.3) is 0 Å². The van der Waals surface area contributed by atoms with Crippen LogP contribution in [0.1, 0.15) is 36.9 Å². The summed E-state index contributed by atoms with van der Waals surface area (Å²) in [7, 11) is 0. The Kier molecular flexibility index (Phi) is 5.57. The number of nitrogens with one attached hydrogen (secondary N) is 1. The molecule has 0 spiro atoms. The van der Waals surface area contributed by atoms with E-state index in [-0.39, 0.29) is 5.91 Å². The number of rotatable bonds is 6. The quantitative estimate of drug-likeness (QED) is 0.771. The molecule has 2 heterocycles. The van der Waals surface area contributed by atoms with Crippen molar-refractivity contribution in [3.63, 3.8) is 0 Å². The zero-order valence-corrected chi connectivity index (χ0v) is 16.5. The van der Waals surface area contributed by atoms with E-state index >= 15 is 0 Å². The number of carbonyl (C=O) groups is 1. The fraction of sp³-hybridized carbons (Fsp3) is 0.391. The molecular formula is C23H25N5O. The number of anilines is 1. The van der Waals surface area contributed by atoms with Crippen molar-refractivity contribution < 1.29 is 4.79 Å². The molecule has 6 heteroatoms. The number of benzene rings is 1. The summed E-state index contributed by atoms with van der Waals surface area (Å²) >= 11 is 0. The third kappa shape index (κ3) is 4.14. The maximum Gasteiger partial charge on any atom is 0.230 e. The summed E-state index contributed by atoms with van der Waals surface area (Å²) in [5, 5.41) is 12.5. The van der Waals surface area contributed by atoms with Gasteiger partial charge in [-0.1, -0.05) is 42.0 Å². The fourth-order valence-electron chi connectivity index (χ4n) is 4.24. The van der Waals surface area contributed by atoms with Crippen molar-refractivity contribution in [2.24, 2.45) is 5.41 Å². The Morgan fingerprint density at radius 2 is 1.97 bits per heavy atom. The minimum atomic E-state index is -0.527. The number of nitriles is 1. The minimum absolute atomic E-state index is 0.0754. The molecule has 1 aliphatic heterocycles. The molecule has 0 radical (unpaired) electrons. The second kappa shape index (κ2) is 8.44. The Balaban J connectivity index is 1.51. The Bertz CT molecular complexity index is 941. The molecule has 1 N–H and O–H groups in total. The number of amides is 1. The second-order valence-corrected chi connectivity index (χ2v) is 7.93. The predicted molar refractivity (Wildman–Crippen MR) is 111 cm³/mol. The first-order valence-corrected chi connectivity index (χ1v) is 10.2. The molecule has 0 bridgehead atoms. The normalized spacial score (nSPS) is 17.6. The van der Waals surface area contributed by atoms with Gasteiger partial charge < -0.3 is 10.2 Å². The first-order valence-electron chi connectivity index (χ1n) is 10.2. The van der Waals surface area contributed by atoms with E-state index in [4.69, 9.17) is 0 Å². The number of nitrogens with zero attached hydrogens (tertiary/aromatic N) is 4. The highest BCUT2D eigenvalue weighted by Crippen LogP contribution is 2.38. The molecule has 6 nitrogen and oxygen atoms in total. The van der Waals surface area contributed by atoms with Crippen LogP contribution in [0.4, 0.5) is 5.82 Å². The molecule has 0 saturated carbocycles. The second-order valence-electron chi connectivity index (χ2n) is 7.93. The smallest absolute Gasteiger partial charge is 0.230 e. The van der Waals surface area contributed by atoms with Gasteiger partial charge in [0.25, 0.3) is 0 Å². The Morgan fingerprint density at radius 1 is 1.17 bits per heavy atom. The maximum atomic E-state index is 13.3. The first kappa shape index (κ1) is 19.1. The third-order valence-corrected chi connectivity index (χ3v) is 5.80. The van der Waals surface area contributed by atoms with Gasteiger partial charge in [0.15, 0.2) is 11.5 Å². The summed E-state index contributed by atoms with van der Waals surface area (Å²) in [6, 6.07) is 12.2. The highest BCUT2D eigenvalue weighted by Gasteiger charge is 2.50. The lowest BCUT2D eigenvalue weighted by Crippen LogP contribution is -2.65. The van der Waals surface area contributed by atoms with Gasteiger partial charge in [0.1, 0.15) is 6.07 Å². The van der Waals surface area contributed by atoms with Gasteiger partial charge in [-0.3, -0.25) is 4.79 Å². The summed E-state index contributed by atoms with van der Waals surface area (Å²) in [6.45, 7) is 1.68. The van der Waals surface area contributed by atoms with Crippen LogP contribution in [0.2, 0.25) is 0 Å². The van der Waals surface area contributed by atoms with E-state index in [2.05, 4.69) is 39.6 Å². The number of hydrogen-bond acceptors (Lipinski definition) is 5. The van der Waals surface area contributed by atoms with E-state index < -0.39 is 5.41 Å². The van der Waals surface area contributed by atoms with Crippen LogP contribution < -0.4 is 10.2 Å². The zero-order chi connectivity index (χ0) is 20.1. The Labute approximate surface area is 171 Å². The van der Waals surface area contributed by atoms with Gasteiger partial charge in [0.2, 0.25) is 5.91 Å². The Morgan fingerprint density at radius 3 is 2.69 bits per heavy atom. The van der Waals surface area contributed by atoms with Crippen LogP contribution in [0.3, 0.4) is 0 Å². The van der Waals surface area contributed by atoms with Crippen LogP contribution in [0, 0.1) is 16.7 Å². The van der Waals surface area contributed by atoms with Crippen molar-refractivity contribution in [1.29, 1.82) is 5.26 Å². The molecule has 29 heavy (non-hydrogen) atoms. The molecule has 2 aromatic rings. The molecule has 0 atom stereocenters. The van der Waals surface area contributed by atoms with Crippen molar-refractivity contribution in [3.8, 4) is 6.07 Å². The van der Waals surface area contributed by atoms with Gasteiger partial charge in [-0.05, 0) is 37.7 Å². The van der Waals surface area contributed by atoms with E-state index in [9.17, 15) is 10.1 Å². The lowest BCUT2D eigenvalue weighted by Gasteiger charge is -2.49. The van der Waals surface area contributed by atoms with E-state index in [1.165, 1.54) is 24.6 Å². The van der Waals surface area contributed by atoms with E-state index in [1.54, 1.807) is 6.20 Å². The zero-order valence-electron chi connectivity index (χ0n) is 16.5. The van der Waals surface area contributed by atoms with Gasteiger partial charge in [0, 0.05) is 32.0 Å². The Hall–Kier alpha value is -3.20. The van der Waals surface area contributed by atoms with Crippen molar-refractivity contribution in [3.05, 3.63) is 65.6 Å². The molecular weight excluding hydrogens is 362 g/mol. The van der Waals surface area contributed by atoms with E-state index in [0.29, 0.717) is 37.6 Å². The molecule has 148 valence electrons. The molecule has 1 fully saturated rings. The summed E-state index contributed by atoms with van der Waals surface area (Å²) in [5.41, 5.74) is 2.24. The molecule has 2 aliphatic rings. The maximum absolute atomic E-state index is 13.3. The van der Waals surface area contributed by atoms with Crippen LogP contribution >= 0.6 is 0 Å². The first-order chi connectivity index (χ1) is 14.2. The van der Waals surface area contributed by atoms with Crippen LogP contribution in [-0.4, -0.2) is 35.5 Å². The number of aromatic nitrogens is 2. The number of carbonyl (C=O) groups excluding carboxylic acids is 1. The van der Waals surface area contributed by atoms with E-state index in [0.717, 1.165) is 18.4 Å². The lowest BCUT2D eigenvalue weighted by atomic mass is 9.73. The van der Waals surface area contributed by atoms with Gasteiger partial charge >= 0.3 is 0 Å². The van der Waals surface area contributed by atoms with Crippen LogP contribution in [0.15, 0.2) is 54.4 Å². The lowest BCUT2D eigenvalue weighted by molar-refractivity contribution is -0.132. The van der Waals surface area contributed by atoms with Gasteiger partial charge in [0.05, 0.1) is 5.41 Å². The standard InChI is InChI=1S/C23H25N5O/c24-14-20-21(26-12-11-25-20)28-16-23(17-28,13-18-7-3-1-4-8-18)22(29)27-15-19-9-5-2-6-10-19/h1,3-4,7-9,11-12H,2,5-6,10,13,15-17H2,(H,27,29). The predicted octanol–water partition coefficient (Wildman–Crippen LogP) is 3.01. The number of hydrogen-bond donors (Lipinski definition) is 1. The highest BCUT2D eigenvalue weighted by molar-refractivity contribution is 5.87. The fourth-order valence-corrected chi connectivity index (χ4v) is 4.24. The monoisotopic (exact) mass is 387 g/mol.